The molecule has 90 valence electrons. The molecule has 1 aliphatic rings. The first-order valence-corrected chi connectivity index (χ1v) is 5.56. The summed E-state index contributed by atoms with van der Waals surface area (Å²) in [6.45, 7) is 0.668. The number of hydrogen-bond acceptors (Lipinski definition) is 3. The van der Waals surface area contributed by atoms with E-state index in [0.29, 0.717) is 6.54 Å². The average Bonchev–Trinajstić information content (AvgIpc) is 2.36. The number of aliphatic hydroxyl groups excluding tert-OH is 1. The molecule has 4 nitrogen and oxygen atoms in total. The van der Waals surface area contributed by atoms with Crippen LogP contribution in [0, 0.1) is 5.92 Å². The Bertz CT molecular complexity index is 402. The quantitative estimate of drug-likeness (QED) is 0.774. The Labute approximate surface area is 99.9 Å². The molecule has 17 heavy (non-hydrogen) atoms. The molecule has 2 atom stereocenters. The molecule has 0 heterocycles. The molecule has 0 bridgehead atoms. The summed E-state index contributed by atoms with van der Waals surface area (Å²) in [7, 11) is 0. The Kier molecular flexibility index (Phi) is 3.77. The van der Waals surface area contributed by atoms with E-state index in [1.165, 1.54) is 0 Å². The van der Waals surface area contributed by atoms with Gasteiger partial charge in [0, 0.05) is 12.5 Å². The predicted octanol–water partition coefficient (Wildman–Crippen LogP) is 1.46. The summed E-state index contributed by atoms with van der Waals surface area (Å²) in [4.78, 5) is 11.3. The van der Waals surface area contributed by atoms with Crippen molar-refractivity contribution < 1.29 is 14.6 Å². The van der Waals surface area contributed by atoms with Crippen molar-refractivity contribution in [2.24, 2.45) is 5.92 Å². The Balaban J connectivity index is 1.66. The van der Waals surface area contributed by atoms with Crippen LogP contribution in [0.2, 0.25) is 0 Å². The second kappa shape index (κ2) is 5.50. The van der Waals surface area contributed by atoms with Gasteiger partial charge in [0.25, 0.3) is 0 Å². The van der Waals surface area contributed by atoms with Crippen LogP contribution in [0.5, 0.6) is 0 Å². The van der Waals surface area contributed by atoms with Gasteiger partial charge < -0.3 is 15.2 Å². The highest BCUT2D eigenvalue weighted by atomic mass is 16.5. The highest BCUT2D eigenvalue weighted by Crippen LogP contribution is 2.16. The van der Waals surface area contributed by atoms with Gasteiger partial charge in [0.15, 0.2) is 0 Å². The lowest BCUT2D eigenvalue weighted by Gasteiger charge is -2.24. The van der Waals surface area contributed by atoms with E-state index in [-0.39, 0.29) is 12.5 Å². The van der Waals surface area contributed by atoms with Gasteiger partial charge >= 0.3 is 6.09 Å². The molecular weight excluding hydrogens is 218 g/mol. The number of rotatable bonds is 4. The number of amides is 1. The van der Waals surface area contributed by atoms with Crippen molar-refractivity contribution in [1.82, 2.24) is 5.32 Å². The molecule has 0 aliphatic heterocycles. The summed E-state index contributed by atoms with van der Waals surface area (Å²) in [6.07, 6.45) is 2.66. The zero-order valence-electron chi connectivity index (χ0n) is 9.37. The fourth-order valence-electron chi connectivity index (χ4n) is 1.53. The molecular formula is C13H15NO3. The first-order chi connectivity index (χ1) is 8.25. The van der Waals surface area contributed by atoms with E-state index in [9.17, 15) is 9.90 Å². The molecule has 0 radical (unpaired) electrons. The average molecular weight is 233 g/mol. The van der Waals surface area contributed by atoms with Crippen molar-refractivity contribution in [2.45, 2.75) is 12.7 Å². The molecule has 1 aromatic carbocycles. The molecule has 4 heteroatoms. The molecule has 0 fully saturated rings. The van der Waals surface area contributed by atoms with Gasteiger partial charge in [-0.25, -0.2) is 4.79 Å². The molecule has 1 amide bonds. The lowest BCUT2D eigenvalue weighted by molar-refractivity contribution is 0.127. The normalized spacial score (nSPS) is 21.7. The van der Waals surface area contributed by atoms with E-state index in [1.54, 1.807) is 6.08 Å². The monoisotopic (exact) mass is 233 g/mol. The zero-order chi connectivity index (χ0) is 12.1. The molecule has 0 saturated carbocycles. The van der Waals surface area contributed by atoms with Crippen LogP contribution in [0.1, 0.15) is 5.56 Å². The minimum Gasteiger partial charge on any atom is -0.445 e. The minimum atomic E-state index is -0.457. The van der Waals surface area contributed by atoms with Gasteiger partial charge in [0.2, 0.25) is 0 Å². The van der Waals surface area contributed by atoms with Crippen LogP contribution in [0.15, 0.2) is 42.5 Å². The van der Waals surface area contributed by atoms with Crippen molar-refractivity contribution in [3.05, 3.63) is 48.0 Å². The third-order valence-electron chi connectivity index (χ3n) is 2.69. The summed E-state index contributed by atoms with van der Waals surface area (Å²) in [5.41, 5.74) is 0.950. The topological polar surface area (TPSA) is 58.6 Å². The van der Waals surface area contributed by atoms with Gasteiger partial charge in [-0.3, -0.25) is 0 Å². The smallest absolute Gasteiger partial charge is 0.407 e. The van der Waals surface area contributed by atoms with Gasteiger partial charge in [-0.1, -0.05) is 42.5 Å². The number of alkyl carbamates (subject to hydrolysis) is 1. The van der Waals surface area contributed by atoms with Crippen LogP contribution in [-0.2, 0) is 11.3 Å². The van der Waals surface area contributed by atoms with Gasteiger partial charge in [-0.05, 0) is 5.56 Å². The van der Waals surface area contributed by atoms with E-state index in [4.69, 9.17) is 4.74 Å². The first-order valence-electron chi connectivity index (χ1n) is 5.56. The number of ether oxygens (including phenoxy) is 1. The number of carbonyl (C=O) groups is 1. The van der Waals surface area contributed by atoms with Crippen LogP contribution in [0.4, 0.5) is 4.79 Å². The standard InChI is InChI=1S/C13H15NO3/c15-12-7-6-11(12)8-14-13(16)17-9-10-4-2-1-3-5-10/h1-7,11-12,15H,8-9H2,(H,14,16)/t11-,12+/m0/s1. The third kappa shape index (κ3) is 3.32. The maximum absolute atomic E-state index is 11.3. The van der Waals surface area contributed by atoms with Crippen LogP contribution >= 0.6 is 0 Å². The number of benzene rings is 1. The van der Waals surface area contributed by atoms with Crippen molar-refractivity contribution >= 4 is 6.09 Å². The van der Waals surface area contributed by atoms with Crippen molar-refractivity contribution in [3.63, 3.8) is 0 Å². The zero-order valence-corrected chi connectivity index (χ0v) is 9.37. The summed E-state index contributed by atoms with van der Waals surface area (Å²) >= 11 is 0. The lowest BCUT2D eigenvalue weighted by atomic mass is 9.92. The Morgan fingerprint density at radius 1 is 1.29 bits per heavy atom. The Morgan fingerprint density at radius 2 is 2.06 bits per heavy atom. The predicted molar refractivity (Wildman–Crippen MR) is 63.3 cm³/mol. The van der Waals surface area contributed by atoms with E-state index < -0.39 is 12.2 Å². The van der Waals surface area contributed by atoms with Crippen LogP contribution in [0.3, 0.4) is 0 Å². The fourth-order valence-corrected chi connectivity index (χ4v) is 1.53. The maximum atomic E-state index is 11.3. The first kappa shape index (κ1) is 11.7. The van der Waals surface area contributed by atoms with Gasteiger partial charge in [-0.2, -0.15) is 0 Å². The highest BCUT2D eigenvalue weighted by Gasteiger charge is 2.21. The van der Waals surface area contributed by atoms with Crippen LogP contribution in [0.25, 0.3) is 0 Å². The van der Waals surface area contributed by atoms with E-state index >= 15 is 0 Å². The minimum absolute atomic E-state index is 0.0132. The molecule has 0 unspecified atom stereocenters. The molecule has 0 aromatic heterocycles. The van der Waals surface area contributed by atoms with Gasteiger partial charge in [0.05, 0.1) is 6.10 Å². The van der Waals surface area contributed by atoms with E-state index in [0.717, 1.165) is 5.56 Å². The van der Waals surface area contributed by atoms with Crippen molar-refractivity contribution in [1.29, 1.82) is 0 Å². The SMILES string of the molecule is O=C(NC[C@@H]1C=C[C@H]1O)OCc1ccccc1. The van der Waals surface area contributed by atoms with E-state index in [2.05, 4.69) is 5.32 Å². The highest BCUT2D eigenvalue weighted by molar-refractivity contribution is 5.67. The lowest BCUT2D eigenvalue weighted by Crippen LogP contribution is -2.37. The van der Waals surface area contributed by atoms with Crippen molar-refractivity contribution in [3.8, 4) is 0 Å². The van der Waals surface area contributed by atoms with Crippen molar-refractivity contribution in [2.75, 3.05) is 6.54 Å². The Hall–Kier alpha value is -1.81. The molecule has 2 N–H and O–H groups in total. The number of hydrogen-bond donors (Lipinski definition) is 2. The second-order valence-electron chi connectivity index (χ2n) is 3.98. The number of aliphatic hydroxyl groups is 1. The molecule has 0 spiro atoms. The van der Waals surface area contributed by atoms with Crippen LogP contribution < -0.4 is 5.32 Å². The van der Waals surface area contributed by atoms with E-state index in [1.807, 2.05) is 36.4 Å². The van der Waals surface area contributed by atoms with Crippen LogP contribution in [-0.4, -0.2) is 23.8 Å². The molecule has 2 rings (SSSR count). The molecule has 0 saturated heterocycles. The maximum Gasteiger partial charge on any atom is 0.407 e. The van der Waals surface area contributed by atoms with Gasteiger partial charge in [-0.15, -0.1) is 0 Å². The molecule has 1 aromatic rings. The summed E-state index contributed by atoms with van der Waals surface area (Å²) < 4.78 is 5.03. The summed E-state index contributed by atoms with van der Waals surface area (Å²) in [6, 6.07) is 9.49. The number of nitrogens with one attached hydrogen (secondary N) is 1. The number of carbonyl (C=O) groups excluding carboxylic acids is 1. The largest absolute Gasteiger partial charge is 0.445 e. The third-order valence-corrected chi connectivity index (χ3v) is 2.69. The molecule has 1 aliphatic carbocycles. The fraction of sp³-hybridized carbons (Fsp3) is 0.308. The second-order valence-corrected chi connectivity index (χ2v) is 3.98. The summed E-state index contributed by atoms with van der Waals surface area (Å²) in [5, 5.41) is 11.9. The summed E-state index contributed by atoms with van der Waals surface area (Å²) in [5.74, 6) is 0.0132. The Morgan fingerprint density at radius 3 is 2.65 bits per heavy atom. The van der Waals surface area contributed by atoms with Gasteiger partial charge in [0.1, 0.15) is 6.61 Å².